The van der Waals surface area contributed by atoms with Gasteiger partial charge in [-0.05, 0) is 43.3 Å². The van der Waals surface area contributed by atoms with E-state index in [1.807, 2.05) is 36.5 Å². The lowest BCUT2D eigenvalue weighted by Gasteiger charge is -2.09. The van der Waals surface area contributed by atoms with E-state index in [-0.39, 0.29) is 11.7 Å². The van der Waals surface area contributed by atoms with E-state index in [9.17, 15) is 9.59 Å². The van der Waals surface area contributed by atoms with Gasteiger partial charge in [-0.1, -0.05) is 6.07 Å². The molecule has 130 valence electrons. The van der Waals surface area contributed by atoms with Gasteiger partial charge in [-0.3, -0.25) is 19.0 Å². The van der Waals surface area contributed by atoms with E-state index in [0.29, 0.717) is 28.7 Å². The molecule has 1 atom stereocenters. The summed E-state index contributed by atoms with van der Waals surface area (Å²) in [6.45, 7) is 3.23. The smallest absolute Gasteiger partial charge is 0.221 e. The predicted molar refractivity (Wildman–Crippen MR) is 99.9 cm³/mol. The highest BCUT2D eigenvalue weighted by Gasteiger charge is 2.28. The molecular weight excluding hydrogens is 330 g/mol. The normalized spacial score (nSPS) is 16.5. The maximum atomic E-state index is 12.8. The zero-order valence-corrected chi connectivity index (χ0v) is 14.4. The third-order valence-corrected chi connectivity index (χ3v) is 4.18. The second-order valence-electron chi connectivity index (χ2n) is 6.14. The van der Waals surface area contributed by atoms with Crippen LogP contribution in [0.1, 0.15) is 29.9 Å². The molecule has 26 heavy (non-hydrogen) atoms. The number of rotatable bonds is 2. The van der Waals surface area contributed by atoms with E-state index >= 15 is 0 Å². The van der Waals surface area contributed by atoms with Gasteiger partial charge in [-0.15, -0.1) is 0 Å². The molecule has 0 saturated heterocycles. The van der Waals surface area contributed by atoms with E-state index in [4.69, 9.17) is 0 Å². The fourth-order valence-electron chi connectivity index (χ4n) is 2.97. The minimum absolute atomic E-state index is 0.0870. The molecular formula is C19H17N5O2. The van der Waals surface area contributed by atoms with Gasteiger partial charge in [0.05, 0.1) is 0 Å². The number of fused-ring (bicyclic) bond motifs is 3. The first kappa shape index (κ1) is 16.0. The molecule has 2 N–H and O–H groups in total. The monoisotopic (exact) mass is 347 g/mol. The van der Waals surface area contributed by atoms with E-state index in [2.05, 4.69) is 20.6 Å². The Morgan fingerprint density at radius 3 is 2.69 bits per heavy atom. The Kier molecular flexibility index (Phi) is 3.76. The number of nitrogens with one attached hydrogen (secondary N) is 2. The minimum Gasteiger partial charge on any atom is -0.326 e. The molecule has 3 heterocycles. The Bertz CT molecular complexity index is 1050. The molecule has 2 aromatic heterocycles. The topological polar surface area (TPSA) is 87.9 Å². The van der Waals surface area contributed by atoms with Crippen LogP contribution in [0.25, 0.3) is 5.65 Å². The van der Waals surface area contributed by atoms with Crippen molar-refractivity contribution < 1.29 is 9.59 Å². The highest BCUT2D eigenvalue weighted by Crippen LogP contribution is 2.24. The summed E-state index contributed by atoms with van der Waals surface area (Å²) in [5, 5.41) is 5.92. The maximum absolute atomic E-state index is 12.8. The number of aromatic nitrogens is 2. The van der Waals surface area contributed by atoms with Crippen molar-refractivity contribution in [2.45, 2.75) is 19.9 Å². The van der Waals surface area contributed by atoms with Gasteiger partial charge in [0.15, 0.2) is 5.82 Å². The second kappa shape index (κ2) is 6.11. The Labute approximate surface area is 149 Å². The molecule has 0 unspecified atom stereocenters. The molecule has 0 fully saturated rings. The lowest BCUT2D eigenvalue weighted by molar-refractivity contribution is -0.114. The summed E-state index contributed by atoms with van der Waals surface area (Å²) >= 11 is 0. The Morgan fingerprint density at radius 2 is 1.96 bits per heavy atom. The van der Waals surface area contributed by atoms with E-state index < -0.39 is 6.04 Å². The first-order chi connectivity index (χ1) is 12.5. The Balaban J connectivity index is 1.75. The molecule has 4 rings (SSSR count). The van der Waals surface area contributed by atoms with E-state index in [1.54, 1.807) is 23.5 Å². The van der Waals surface area contributed by atoms with Gasteiger partial charge in [-0.2, -0.15) is 0 Å². The van der Waals surface area contributed by atoms with Crippen molar-refractivity contribution in [3.05, 3.63) is 59.9 Å². The summed E-state index contributed by atoms with van der Waals surface area (Å²) in [4.78, 5) is 33.0. The van der Waals surface area contributed by atoms with Crippen LogP contribution in [0.4, 0.5) is 11.5 Å². The van der Waals surface area contributed by atoms with Crippen LogP contribution in [0.2, 0.25) is 0 Å². The Hall–Kier alpha value is -3.48. The number of nitrogens with zero attached hydrogens (tertiary/aromatic N) is 3. The minimum atomic E-state index is -0.533. The number of amidine groups is 1. The number of pyridine rings is 1. The number of amides is 1. The highest BCUT2D eigenvalue weighted by molar-refractivity contribution is 6.15. The van der Waals surface area contributed by atoms with Gasteiger partial charge in [0.2, 0.25) is 11.7 Å². The van der Waals surface area contributed by atoms with Crippen molar-refractivity contribution in [3.63, 3.8) is 0 Å². The second-order valence-corrected chi connectivity index (χ2v) is 6.14. The van der Waals surface area contributed by atoms with Gasteiger partial charge in [0.25, 0.3) is 0 Å². The zero-order valence-electron chi connectivity index (χ0n) is 14.4. The van der Waals surface area contributed by atoms with Gasteiger partial charge >= 0.3 is 0 Å². The number of carbonyl (C=O) groups excluding carboxylic acids is 2. The molecule has 1 aliphatic heterocycles. The number of benzene rings is 1. The molecule has 1 aliphatic rings. The third-order valence-electron chi connectivity index (χ3n) is 4.18. The summed E-state index contributed by atoms with van der Waals surface area (Å²) in [6, 6.07) is 12.3. The predicted octanol–water partition coefficient (Wildman–Crippen LogP) is 2.74. The lowest BCUT2D eigenvalue weighted by atomic mass is 10.1. The molecule has 0 aliphatic carbocycles. The molecule has 0 spiro atoms. The summed E-state index contributed by atoms with van der Waals surface area (Å²) in [7, 11) is 0. The largest absolute Gasteiger partial charge is 0.326 e. The fourth-order valence-corrected chi connectivity index (χ4v) is 2.97. The molecule has 7 heteroatoms. The van der Waals surface area contributed by atoms with Crippen LogP contribution in [-0.2, 0) is 4.79 Å². The van der Waals surface area contributed by atoms with Crippen molar-refractivity contribution in [2.24, 2.45) is 4.99 Å². The van der Waals surface area contributed by atoms with Gasteiger partial charge < -0.3 is 10.6 Å². The summed E-state index contributed by atoms with van der Waals surface area (Å²) in [5.74, 6) is 0.852. The van der Waals surface area contributed by atoms with Crippen LogP contribution in [0.3, 0.4) is 0 Å². The quantitative estimate of drug-likeness (QED) is 0.746. The lowest BCUT2D eigenvalue weighted by Crippen LogP contribution is -2.17. The summed E-state index contributed by atoms with van der Waals surface area (Å²) in [6.07, 6.45) is 1.82. The van der Waals surface area contributed by atoms with Gasteiger partial charge in [0.1, 0.15) is 23.2 Å². The average Bonchev–Trinajstić information content (AvgIpc) is 2.92. The van der Waals surface area contributed by atoms with Crippen molar-refractivity contribution in [1.82, 2.24) is 9.38 Å². The van der Waals surface area contributed by atoms with Gasteiger partial charge in [-0.25, -0.2) is 4.98 Å². The number of hydrogen-bond acceptors (Lipinski definition) is 5. The number of carbonyl (C=O) groups is 2. The standard InChI is InChI=1S/C19H17N5O2/c1-11-17(26)16-19(22-15-5-3-4-10-24(15)16)23-18(20-11)13-6-8-14(9-7-13)21-12(2)25/h3-11H,1-2H3,(H,20,23)(H,21,25)/t11-/m0/s1. The first-order valence-electron chi connectivity index (χ1n) is 8.27. The summed E-state index contributed by atoms with van der Waals surface area (Å²) in [5.41, 5.74) is 2.71. The first-order valence-corrected chi connectivity index (χ1v) is 8.27. The van der Waals surface area contributed by atoms with Crippen LogP contribution < -0.4 is 10.6 Å². The zero-order chi connectivity index (χ0) is 18.3. The van der Waals surface area contributed by atoms with E-state index in [0.717, 1.165) is 5.56 Å². The number of Topliss-reactive ketones (excluding diaryl/α,β-unsaturated/α-hetero) is 1. The van der Waals surface area contributed by atoms with Crippen LogP contribution in [0, 0.1) is 0 Å². The number of ketones is 1. The van der Waals surface area contributed by atoms with Gasteiger partial charge in [0, 0.05) is 24.4 Å². The number of imidazole rings is 1. The summed E-state index contributed by atoms with van der Waals surface area (Å²) < 4.78 is 1.78. The number of anilines is 2. The van der Waals surface area contributed by atoms with Crippen LogP contribution >= 0.6 is 0 Å². The highest BCUT2D eigenvalue weighted by atomic mass is 16.1. The Morgan fingerprint density at radius 1 is 1.19 bits per heavy atom. The fraction of sp³-hybridized carbons (Fsp3) is 0.158. The van der Waals surface area contributed by atoms with Crippen molar-refractivity contribution in [1.29, 1.82) is 0 Å². The number of hydrogen-bond donors (Lipinski definition) is 2. The van der Waals surface area contributed by atoms with Crippen LogP contribution in [0.5, 0.6) is 0 Å². The SMILES string of the molecule is CC(=O)Nc1ccc(C2=N[C@@H](C)C(=O)c3c(nc4ccccn34)N2)cc1. The molecule has 7 nitrogen and oxygen atoms in total. The van der Waals surface area contributed by atoms with Crippen molar-refractivity contribution in [3.8, 4) is 0 Å². The van der Waals surface area contributed by atoms with Crippen LogP contribution in [-0.4, -0.2) is 33.0 Å². The molecule has 0 saturated carbocycles. The molecule has 3 aromatic rings. The van der Waals surface area contributed by atoms with Crippen molar-refractivity contribution in [2.75, 3.05) is 10.6 Å². The molecule has 0 radical (unpaired) electrons. The molecule has 1 amide bonds. The maximum Gasteiger partial charge on any atom is 0.221 e. The molecule has 1 aromatic carbocycles. The third kappa shape index (κ3) is 2.73. The average molecular weight is 347 g/mol. The van der Waals surface area contributed by atoms with E-state index in [1.165, 1.54) is 6.92 Å². The van der Waals surface area contributed by atoms with Crippen LogP contribution in [0.15, 0.2) is 53.7 Å². The number of aliphatic imine (C=N–C) groups is 1. The van der Waals surface area contributed by atoms with Crippen molar-refractivity contribution >= 4 is 34.7 Å². The molecule has 0 bridgehead atoms.